The first kappa shape index (κ1) is 24.8. The predicted molar refractivity (Wildman–Crippen MR) is 142 cm³/mol. The number of imidazole rings is 1. The van der Waals surface area contributed by atoms with Crippen LogP contribution in [-0.2, 0) is 18.5 Å². The van der Waals surface area contributed by atoms with E-state index >= 15 is 0 Å². The van der Waals surface area contributed by atoms with E-state index in [0.29, 0.717) is 24.5 Å². The number of fused-ring (bicyclic) bond motifs is 2. The number of carbonyl (C=O) groups excluding carboxylic acids is 1. The number of nitrogens with zero attached hydrogens (tertiary/aromatic N) is 6. The van der Waals surface area contributed by atoms with E-state index in [2.05, 4.69) is 55.8 Å². The molecule has 0 radical (unpaired) electrons. The van der Waals surface area contributed by atoms with Gasteiger partial charge in [-0.05, 0) is 62.7 Å². The second kappa shape index (κ2) is 9.52. The van der Waals surface area contributed by atoms with Crippen LogP contribution in [0.5, 0.6) is 5.75 Å². The molecule has 1 aromatic carbocycles. The lowest BCUT2D eigenvalue weighted by Gasteiger charge is -2.40. The summed E-state index contributed by atoms with van der Waals surface area (Å²) in [5, 5.41) is 3.13. The van der Waals surface area contributed by atoms with Crippen molar-refractivity contribution in [2.45, 2.75) is 44.3 Å². The topological polar surface area (TPSA) is 79.9 Å². The minimum atomic E-state index is -0.252. The van der Waals surface area contributed by atoms with E-state index in [1.807, 2.05) is 25.1 Å². The summed E-state index contributed by atoms with van der Waals surface area (Å²) in [5.74, 6) is 1.29. The Morgan fingerprint density at radius 1 is 1.27 bits per heavy atom. The Bertz CT molecular complexity index is 1380. The Balaban J connectivity index is 1.57. The first-order chi connectivity index (χ1) is 17.8. The molecule has 1 N–H and O–H groups in total. The highest BCUT2D eigenvalue weighted by Crippen LogP contribution is 2.55. The van der Waals surface area contributed by atoms with Gasteiger partial charge in [0, 0.05) is 49.7 Å². The fourth-order valence-corrected chi connectivity index (χ4v) is 5.57. The van der Waals surface area contributed by atoms with E-state index in [1.54, 1.807) is 19.4 Å². The van der Waals surface area contributed by atoms with Crippen molar-refractivity contribution in [3.63, 3.8) is 0 Å². The molecule has 3 heterocycles. The first-order valence-electron chi connectivity index (χ1n) is 12.5. The van der Waals surface area contributed by atoms with E-state index in [-0.39, 0.29) is 17.4 Å². The van der Waals surface area contributed by atoms with Crippen molar-refractivity contribution in [3.8, 4) is 5.75 Å². The van der Waals surface area contributed by atoms with Crippen LogP contribution in [0.15, 0.2) is 36.8 Å². The van der Waals surface area contributed by atoms with Gasteiger partial charge in [0.25, 0.3) is 5.91 Å². The van der Waals surface area contributed by atoms with Crippen LogP contribution in [-0.4, -0.2) is 65.0 Å². The van der Waals surface area contributed by atoms with E-state index in [9.17, 15) is 4.79 Å². The van der Waals surface area contributed by atoms with Crippen LogP contribution in [0, 0.1) is 6.57 Å². The van der Waals surface area contributed by atoms with Gasteiger partial charge in [-0.3, -0.25) is 9.78 Å². The maximum atomic E-state index is 14.1. The number of carbonyl (C=O) groups is 1. The highest BCUT2D eigenvalue weighted by Gasteiger charge is 2.53. The molecule has 0 unspecified atom stereocenters. The van der Waals surface area contributed by atoms with Crippen LogP contribution >= 0.6 is 0 Å². The van der Waals surface area contributed by atoms with Crippen LogP contribution in [0.2, 0.25) is 0 Å². The Hall–Kier alpha value is -3.90. The smallest absolute Gasteiger partial charge is 0.254 e. The number of rotatable bonds is 8. The lowest BCUT2D eigenvalue weighted by atomic mass is 9.81. The van der Waals surface area contributed by atoms with Gasteiger partial charge in [0.1, 0.15) is 5.75 Å². The third kappa shape index (κ3) is 4.42. The molecule has 3 aromatic rings. The van der Waals surface area contributed by atoms with Crippen molar-refractivity contribution < 1.29 is 9.53 Å². The number of aromatic nitrogens is 3. The summed E-state index contributed by atoms with van der Waals surface area (Å²) in [6.07, 6.45) is 7.38. The molecule has 37 heavy (non-hydrogen) atoms. The standard InChI is InChI=1S/C28H33N7O2/c1-18(22-13-24(37-6)23(29-2)14-32-22)35-17-28(7-8-28)25-20(16-33(4)5)11-19(12-21(25)26(35)36)15-34-10-9-31-27(34)30-3/h9-14,18H,7-8,15-17H2,1,3-6H3,(H,30,31)/t18-/m0/s1. The number of amides is 1. The van der Waals surface area contributed by atoms with Crippen LogP contribution in [0.3, 0.4) is 0 Å². The highest BCUT2D eigenvalue weighted by atomic mass is 16.5. The zero-order valence-corrected chi connectivity index (χ0v) is 22.1. The van der Waals surface area contributed by atoms with Crippen LogP contribution < -0.4 is 10.1 Å². The number of hydrogen-bond donors (Lipinski definition) is 1. The number of ether oxygens (including phenoxy) is 1. The summed E-state index contributed by atoms with van der Waals surface area (Å²) in [4.78, 5) is 30.6. The van der Waals surface area contributed by atoms with E-state index in [1.165, 1.54) is 17.3 Å². The van der Waals surface area contributed by atoms with Crippen molar-refractivity contribution in [1.29, 1.82) is 0 Å². The summed E-state index contributed by atoms with van der Waals surface area (Å²) in [7, 11) is 7.54. The lowest BCUT2D eigenvalue weighted by Crippen LogP contribution is -2.45. The van der Waals surface area contributed by atoms with E-state index < -0.39 is 0 Å². The fourth-order valence-electron chi connectivity index (χ4n) is 5.57. The van der Waals surface area contributed by atoms with Gasteiger partial charge >= 0.3 is 0 Å². The largest absolute Gasteiger partial charge is 0.508 e. The minimum absolute atomic E-state index is 0.0208. The summed E-state index contributed by atoms with van der Waals surface area (Å²) >= 11 is 0. The average molecular weight is 500 g/mol. The van der Waals surface area contributed by atoms with Crippen LogP contribution in [0.25, 0.3) is 4.85 Å². The van der Waals surface area contributed by atoms with Gasteiger partial charge in [0.05, 0.1) is 32.0 Å². The molecular weight excluding hydrogens is 466 g/mol. The number of benzene rings is 1. The third-order valence-electron chi connectivity index (χ3n) is 7.51. The third-order valence-corrected chi connectivity index (χ3v) is 7.51. The molecule has 0 saturated heterocycles. The monoisotopic (exact) mass is 499 g/mol. The second-order valence-corrected chi connectivity index (χ2v) is 10.3. The molecule has 0 bridgehead atoms. The van der Waals surface area contributed by atoms with Gasteiger partial charge < -0.3 is 24.4 Å². The van der Waals surface area contributed by atoms with Gasteiger partial charge in [-0.2, -0.15) is 0 Å². The van der Waals surface area contributed by atoms with Crippen LogP contribution in [0.4, 0.5) is 11.6 Å². The quantitative estimate of drug-likeness (QED) is 0.467. The van der Waals surface area contributed by atoms with Gasteiger partial charge in [-0.25, -0.2) is 9.83 Å². The minimum Gasteiger partial charge on any atom is -0.508 e. The Labute approximate surface area is 217 Å². The predicted octanol–water partition coefficient (Wildman–Crippen LogP) is 4.24. The molecule has 2 aromatic heterocycles. The maximum absolute atomic E-state index is 14.1. The molecule has 1 aliphatic carbocycles. The maximum Gasteiger partial charge on any atom is 0.254 e. The fraction of sp³-hybridized carbons (Fsp3) is 0.429. The normalized spacial score (nSPS) is 16.5. The summed E-state index contributed by atoms with van der Waals surface area (Å²) in [5.41, 5.74) is 5.37. The van der Waals surface area contributed by atoms with Crippen molar-refractivity contribution in [2.24, 2.45) is 0 Å². The number of nitrogens with one attached hydrogen (secondary N) is 1. The number of methoxy groups -OCH3 is 1. The van der Waals surface area contributed by atoms with Gasteiger partial charge in [0.15, 0.2) is 0 Å². The number of pyridine rings is 1. The average Bonchev–Trinajstić information content (AvgIpc) is 3.51. The summed E-state index contributed by atoms with van der Waals surface area (Å²) in [6.45, 7) is 11.4. The molecule has 2 aliphatic rings. The zero-order valence-electron chi connectivity index (χ0n) is 22.1. The molecule has 1 amide bonds. The first-order valence-corrected chi connectivity index (χ1v) is 12.5. The highest BCUT2D eigenvalue weighted by molar-refractivity contribution is 5.99. The molecule has 1 spiro atoms. The summed E-state index contributed by atoms with van der Waals surface area (Å²) < 4.78 is 7.47. The van der Waals surface area contributed by atoms with Crippen molar-refractivity contribution in [3.05, 3.63) is 76.2 Å². The van der Waals surface area contributed by atoms with Gasteiger partial charge in [0.2, 0.25) is 11.6 Å². The number of hydrogen-bond acceptors (Lipinski definition) is 6. The van der Waals surface area contributed by atoms with Crippen molar-refractivity contribution >= 4 is 17.5 Å². The molecule has 9 heteroatoms. The van der Waals surface area contributed by atoms with Crippen LogP contribution in [0.1, 0.15) is 58.5 Å². The Morgan fingerprint density at radius 3 is 2.70 bits per heavy atom. The molecular formula is C28H33N7O2. The summed E-state index contributed by atoms with van der Waals surface area (Å²) in [6, 6.07) is 5.87. The molecule has 1 atom stereocenters. The molecule has 9 nitrogen and oxygen atoms in total. The molecule has 1 aliphatic heterocycles. The van der Waals surface area contributed by atoms with E-state index in [4.69, 9.17) is 11.3 Å². The molecule has 1 fully saturated rings. The van der Waals surface area contributed by atoms with E-state index in [0.717, 1.165) is 42.2 Å². The Morgan fingerprint density at radius 2 is 2.05 bits per heavy atom. The number of anilines is 1. The SMILES string of the molecule is [C-]#[N+]c1cnc([C@H](C)N2CC3(CC3)c3c(CN(C)C)cc(Cn4ccnc4NC)cc3C2=O)cc1OC. The zero-order chi connectivity index (χ0) is 26.3. The molecule has 1 saturated carbocycles. The molecule has 5 rings (SSSR count). The van der Waals surface area contributed by atoms with Gasteiger partial charge in [-0.15, -0.1) is 0 Å². The van der Waals surface area contributed by atoms with Crippen molar-refractivity contribution in [2.75, 3.05) is 40.1 Å². The van der Waals surface area contributed by atoms with Gasteiger partial charge in [-0.1, -0.05) is 6.07 Å². The Kier molecular flexibility index (Phi) is 6.38. The lowest BCUT2D eigenvalue weighted by molar-refractivity contribution is 0.0633. The molecule has 192 valence electrons. The van der Waals surface area contributed by atoms with Crippen molar-refractivity contribution in [1.82, 2.24) is 24.3 Å². The second-order valence-electron chi connectivity index (χ2n) is 10.3.